The van der Waals surface area contributed by atoms with Crippen molar-refractivity contribution in [2.45, 2.75) is 25.7 Å². The molecule has 0 atom stereocenters. The highest BCUT2D eigenvalue weighted by Gasteiger charge is 2.22. The molecule has 3 nitrogen and oxygen atoms in total. The van der Waals surface area contributed by atoms with Gasteiger partial charge in [-0.15, -0.1) is 0 Å². The fourth-order valence-electron chi connectivity index (χ4n) is 8.14. The Morgan fingerprint density at radius 1 is 0.522 bits per heavy atom. The van der Waals surface area contributed by atoms with Gasteiger partial charge in [0.2, 0.25) is 0 Å². The van der Waals surface area contributed by atoms with Crippen molar-refractivity contribution in [2.24, 2.45) is 7.05 Å². The molecular formula is C43H32N2O. The molecule has 6 aromatic carbocycles. The summed E-state index contributed by atoms with van der Waals surface area (Å²) in [6, 6.07) is 46.6. The summed E-state index contributed by atoms with van der Waals surface area (Å²) in [7, 11) is 2.18. The van der Waals surface area contributed by atoms with Crippen molar-refractivity contribution in [3.8, 4) is 27.9 Å². The first-order valence-electron chi connectivity index (χ1n) is 16.4. The average Bonchev–Trinajstić information content (AvgIpc) is 3.75. The SMILES string of the molecule is Cn1c2ccc(-c3ccc4c(c3)c3c(n4-c4ccccc4)CCCC3)cc2c2cc(-c3cccc4c3oc3ccccc34)ccc21. The summed E-state index contributed by atoms with van der Waals surface area (Å²) < 4.78 is 11.2. The van der Waals surface area contributed by atoms with Crippen LogP contribution in [0.25, 0.3) is 82.6 Å². The van der Waals surface area contributed by atoms with Crippen LogP contribution in [-0.4, -0.2) is 9.13 Å². The van der Waals surface area contributed by atoms with E-state index in [0.717, 1.165) is 40.3 Å². The van der Waals surface area contributed by atoms with E-state index in [2.05, 4.69) is 138 Å². The van der Waals surface area contributed by atoms with Crippen LogP contribution in [-0.2, 0) is 19.9 Å². The number of rotatable bonds is 3. The number of nitrogens with zero attached hydrogens (tertiary/aromatic N) is 2. The van der Waals surface area contributed by atoms with Gasteiger partial charge in [-0.2, -0.15) is 0 Å². The van der Waals surface area contributed by atoms with E-state index < -0.39 is 0 Å². The minimum atomic E-state index is 0.929. The van der Waals surface area contributed by atoms with E-state index in [4.69, 9.17) is 4.42 Å². The Labute approximate surface area is 266 Å². The number of furan rings is 1. The molecule has 0 spiro atoms. The van der Waals surface area contributed by atoms with Crippen LogP contribution < -0.4 is 0 Å². The zero-order valence-electron chi connectivity index (χ0n) is 25.8. The van der Waals surface area contributed by atoms with Crippen LogP contribution >= 0.6 is 0 Å². The normalized spacial score (nSPS) is 13.4. The highest BCUT2D eigenvalue weighted by atomic mass is 16.3. The van der Waals surface area contributed by atoms with Gasteiger partial charge in [-0.1, -0.05) is 72.8 Å². The first kappa shape index (κ1) is 25.8. The van der Waals surface area contributed by atoms with E-state index in [0.29, 0.717) is 0 Å². The second-order valence-electron chi connectivity index (χ2n) is 12.8. The Hall–Kier alpha value is -5.54. The second-order valence-corrected chi connectivity index (χ2v) is 12.8. The maximum absolute atomic E-state index is 6.42. The lowest BCUT2D eigenvalue weighted by Gasteiger charge is -2.16. The van der Waals surface area contributed by atoms with Crippen molar-refractivity contribution < 1.29 is 4.42 Å². The highest BCUT2D eigenvalue weighted by Crippen LogP contribution is 2.41. The lowest BCUT2D eigenvalue weighted by Crippen LogP contribution is -2.06. The number of hydrogen-bond donors (Lipinski definition) is 0. The van der Waals surface area contributed by atoms with Gasteiger partial charge in [-0.3, -0.25) is 0 Å². The molecule has 220 valence electrons. The average molecular weight is 593 g/mol. The van der Waals surface area contributed by atoms with Crippen molar-refractivity contribution in [3.05, 3.63) is 139 Å². The van der Waals surface area contributed by atoms with Crippen LogP contribution in [0.1, 0.15) is 24.1 Å². The van der Waals surface area contributed by atoms with Crippen LogP contribution in [0.5, 0.6) is 0 Å². The quantitative estimate of drug-likeness (QED) is 0.200. The van der Waals surface area contributed by atoms with Crippen molar-refractivity contribution in [3.63, 3.8) is 0 Å². The van der Waals surface area contributed by atoms with Crippen molar-refractivity contribution >= 4 is 54.6 Å². The number of aryl methyl sites for hydroxylation is 2. The molecule has 0 N–H and O–H groups in total. The van der Waals surface area contributed by atoms with Gasteiger partial charge in [0, 0.05) is 62.0 Å². The van der Waals surface area contributed by atoms with Gasteiger partial charge in [-0.05, 0) is 103 Å². The first-order chi connectivity index (χ1) is 22.7. The number of fused-ring (bicyclic) bond motifs is 9. The summed E-state index contributed by atoms with van der Waals surface area (Å²) in [4.78, 5) is 0. The minimum Gasteiger partial charge on any atom is -0.455 e. The summed E-state index contributed by atoms with van der Waals surface area (Å²) >= 11 is 0. The molecule has 3 heterocycles. The van der Waals surface area contributed by atoms with Gasteiger partial charge < -0.3 is 13.6 Å². The zero-order valence-corrected chi connectivity index (χ0v) is 25.8. The summed E-state index contributed by atoms with van der Waals surface area (Å²) in [5, 5.41) is 6.26. The minimum absolute atomic E-state index is 0.929. The standard InChI is InChI=1S/C43H32N2O/c1-44-38-21-18-27(28-19-23-41-35(24-28)32-12-5-7-16-40(32)45(41)30-10-3-2-4-11-30)25-36(38)37-26-29(20-22-39(37)44)31-14-9-15-34-33-13-6-8-17-42(33)46-43(31)34/h2-4,6,8-11,13-15,17-26H,5,7,12,16H2,1H3. The van der Waals surface area contributed by atoms with Crippen molar-refractivity contribution in [2.75, 3.05) is 0 Å². The van der Waals surface area contributed by atoms with Crippen molar-refractivity contribution in [1.29, 1.82) is 0 Å². The van der Waals surface area contributed by atoms with E-state index in [9.17, 15) is 0 Å². The van der Waals surface area contributed by atoms with Crippen LogP contribution in [0.3, 0.4) is 0 Å². The Balaban J connectivity index is 1.14. The number of para-hydroxylation sites is 3. The molecule has 0 radical (unpaired) electrons. The molecule has 0 bridgehead atoms. The Kier molecular flexibility index (Phi) is 5.45. The van der Waals surface area contributed by atoms with Crippen LogP contribution in [0.2, 0.25) is 0 Å². The molecule has 3 heteroatoms. The number of aromatic nitrogens is 2. The molecule has 0 unspecified atom stereocenters. The first-order valence-corrected chi connectivity index (χ1v) is 16.4. The van der Waals surface area contributed by atoms with Gasteiger partial charge in [0.25, 0.3) is 0 Å². The predicted molar refractivity (Wildman–Crippen MR) is 192 cm³/mol. The van der Waals surface area contributed by atoms with Crippen LogP contribution in [0, 0.1) is 0 Å². The maximum Gasteiger partial charge on any atom is 0.143 e. The van der Waals surface area contributed by atoms with Crippen LogP contribution in [0.4, 0.5) is 0 Å². The molecule has 0 aliphatic heterocycles. The molecule has 0 fully saturated rings. The monoisotopic (exact) mass is 592 g/mol. The lowest BCUT2D eigenvalue weighted by atomic mass is 9.94. The Bertz CT molecular complexity index is 2650. The molecule has 46 heavy (non-hydrogen) atoms. The van der Waals surface area contributed by atoms with Gasteiger partial charge in [0.15, 0.2) is 0 Å². The fraction of sp³-hybridized carbons (Fsp3) is 0.116. The largest absolute Gasteiger partial charge is 0.455 e. The molecule has 0 saturated heterocycles. The second kappa shape index (κ2) is 9.73. The molecule has 0 saturated carbocycles. The molecule has 9 aromatic rings. The Morgan fingerprint density at radius 2 is 1.17 bits per heavy atom. The van der Waals surface area contributed by atoms with Gasteiger partial charge in [0.1, 0.15) is 11.2 Å². The van der Waals surface area contributed by atoms with E-state index in [-0.39, 0.29) is 0 Å². The van der Waals surface area contributed by atoms with E-state index >= 15 is 0 Å². The third-order valence-corrected chi connectivity index (χ3v) is 10.3. The maximum atomic E-state index is 6.42. The molecule has 1 aliphatic rings. The van der Waals surface area contributed by atoms with E-state index in [1.54, 1.807) is 0 Å². The van der Waals surface area contributed by atoms with E-state index in [1.807, 2.05) is 6.07 Å². The predicted octanol–water partition coefficient (Wildman–Crippen LogP) is 11.4. The van der Waals surface area contributed by atoms with E-state index in [1.165, 1.54) is 79.2 Å². The lowest BCUT2D eigenvalue weighted by molar-refractivity contribution is 0.667. The van der Waals surface area contributed by atoms with Gasteiger partial charge in [-0.25, -0.2) is 0 Å². The summed E-state index contributed by atoms with van der Waals surface area (Å²) in [6.07, 6.45) is 4.81. The van der Waals surface area contributed by atoms with Gasteiger partial charge in [0.05, 0.1) is 5.52 Å². The third-order valence-electron chi connectivity index (χ3n) is 10.3. The number of benzene rings is 6. The smallest absolute Gasteiger partial charge is 0.143 e. The summed E-state index contributed by atoms with van der Waals surface area (Å²) in [5.74, 6) is 0. The molecule has 3 aromatic heterocycles. The topological polar surface area (TPSA) is 23.0 Å². The zero-order chi connectivity index (χ0) is 30.4. The third kappa shape index (κ3) is 3.66. The summed E-state index contributed by atoms with van der Waals surface area (Å²) in [6.45, 7) is 0. The fourth-order valence-corrected chi connectivity index (χ4v) is 8.14. The molecule has 0 amide bonds. The van der Waals surface area contributed by atoms with Crippen molar-refractivity contribution in [1.82, 2.24) is 9.13 Å². The number of hydrogen-bond acceptors (Lipinski definition) is 1. The van der Waals surface area contributed by atoms with Crippen LogP contribution in [0.15, 0.2) is 132 Å². The molecule has 10 rings (SSSR count). The summed E-state index contributed by atoms with van der Waals surface area (Å²) in [5.41, 5.74) is 14.8. The van der Waals surface area contributed by atoms with Gasteiger partial charge >= 0.3 is 0 Å². The molecular weight excluding hydrogens is 560 g/mol. The Morgan fingerprint density at radius 3 is 2.00 bits per heavy atom. The molecule has 1 aliphatic carbocycles. The highest BCUT2D eigenvalue weighted by molar-refractivity contribution is 6.13.